The summed E-state index contributed by atoms with van der Waals surface area (Å²) >= 11 is 3.50. The lowest BCUT2D eigenvalue weighted by Gasteiger charge is -2.26. The number of carbonyl (C=O) groups excluding carboxylic acids is 2. The molecule has 0 saturated heterocycles. The van der Waals surface area contributed by atoms with Crippen molar-refractivity contribution in [3.8, 4) is 5.75 Å². The highest BCUT2D eigenvalue weighted by molar-refractivity contribution is 9.10. The van der Waals surface area contributed by atoms with Crippen LogP contribution in [0.25, 0.3) is 10.9 Å². The van der Waals surface area contributed by atoms with Gasteiger partial charge in [0.15, 0.2) is 0 Å². The van der Waals surface area contributed by atoms with E-state index in [9.17, 15) is 9.59 Å². The first-order valence-corrected chi connectivity index (χ1v) is 9.92. The number of benzene rings is 1. The number of rotatable bonds is 4. The molecule has 0 unspecified atom stereocenters. The van der Waals surface area contributed by atoms with Crippen molar-refractivity contribution in [3.05, 3.63) is 27.9 Å². The lowest BCUT2D eigenvalue weighted by molar-refractivity contribution is -0.131. The number of fused-ring (bicyclic) bond motifs is 1. The Morgan fingerprint density at radius 3 is 2.54 bits per heavy atom. The Labute approximate surface area is 161 Å². The van der Waals surface area contributed by atoms with E-state index < -0.39 is 5.97 Å². The number of hydrogen-bond donors (Lipinski definition) is 0. The molecule has 1 aromatic heterocycles. The van der Waals surface area contributed by atoms with E-state index in [0.717, 1.165) is 29.4 Å². The van der Waals surface area contributed by atoms with Crippen molar-refractivity contribution in [1.29, 1.82) is 0 Å². The molecule has 3 rings (SSSR count). The van der Waals surface area contributed by atoms with E-state index in [2.05, 4.69) is 20.5 Å². The number of nitrogens with zero attached hydrogens (tertiary/aromatic N) is 1. The molecule has 0 bridgehead atoms. The van der Waals surface area contributed by atoms with Gasteiger partial charge in [0.2, 0.25) is 0 Å². The smallest absolute Gasteiger partial charge is 0.340 e. The van der Waals surface area contributed by atoms with Gasteiger partial charge in [-0.3, -0.25) is 4.79 Å². The average molecular weight is 422 g/mol. The first-order valence-electron chi connectivity index (χ1n) is 9.13. The van der Waals surface area contributed by atoms with Crippen LogP contribution in [0.15, 0.2) is 16.6 Å². The van der Waals surface area contributed by atoms with Crippen LogP contribution in [-0.2, 0) is 9.53 Å². The molecule has 0 atom stereocenters. The van der Waals surface area contributed by atoms with E-state index in [1.165, 1.54) is 26.2 Å². The molecular weight excluding hydrogens is 398 g/mol. The SMILES string of the molecule is CCOC(=O)c1c(C)n(C2CCCCC2)c2cc(Br)c(OC(C)=O)cc12. The van der Waals surface area contributed by atoms with Crippen LogP contribution in [0, 0.1) is 6.92 Å². The molecule has 1 aromatic carbocycles. The highest BCUT2D eigenvalue weighted by Crippen LogP contribution is 2.40. The van der Waals surface area contributed by atoms with Crippen molar-refractivity contribution in [2.45, 2.75) is 58.9 Å². The summed E-state index contributed by atoms with van der Waals surface area (Å²) in [6.45, 7) is 5.46. The Balaban J connectivity index is 2.23. The Morgan fingerprint density at radius 2 is 1.92 bits per heavy atom. The van der Waals surface area contributed by atoms with Crippen LogP contribution in [0.5, 0.6) is 5.75 Å². The van der Waals surface area contributed by atoms with Crippen LogP contribution in [-0.4, -0.2) is 23.1 Å². The van der Waals surface area contributed by atoms with Crippen molar-refractivity contribution in [2.24, 2.45) is 0 Å². The summed E-state index contributed by atoms with van der Waals surface area (Å²) in [7, 11) is 0. The maximum atomic E-state index is 12.6. The standard InChI is InChI=1S/C20H24BrNO4/c1-4-25-20(24)19-12(2)22(14-8-6-5-7-9-14)17-11-16(21)18(10-15(17)19)26-13(3)23/h10-11,14H,4-9H2,1-3H3. The molecule has 1 aliphatic rings. The Morgan fingerprint density at radius 1 is 1.23 bits per heavy atom. The number of esters is 2. The third-order valence-electron chi connectivity index (χ3n) is 4.98. The monoisotopic (exact) mass is 421 g/mol. The highest BCUT2D eigenvalue weighted by atomic mass is 79.9. The number of halogens is 1. The maximum absolute atomic E-state index is 12.6. The van der Waals surface area contributed by atoms with Crippen molar-refractivity contribution in [1.82, 2.24) is 4.57 Å². The fourth-order valence-electron chi connectivity index (χ4n) is 3.94. The fourth-order valence-corrected chi connectivity index (χ4v) is 4.35. The van der Waals surface area contributed by atoms with Gasteiger partial charge in [-0.25, -0.2) is 4.79 Å². The van der Waals surface area contributed by atoms with Crippen LogP contribution < -0.4 is 4.74 Å². The minimum absolute atomic E-state index is 0.321. The molecule has 0 radical (unpaired) electrons. The highest BCUT2D eigenvalue weighted by Gasteiger charge is 2.27. The summed E-state index contributed by atoms with van der Waals surface area (Å²) in [6, 6.07) is 4.08. The lowest BCUT2D eigenvalue weighted by atomic mass is 9.95. The van der Waals surface area contributed by atoms with Crippen LogP contribution in [0.1, 0.15) is 68.0 Å². The number of carbonyl (C=O) groups is 2. The minimum atomic E-state index is -0.397. The van der Waals surface area contributed by atoms with Gasteiger partial charge in [0, 0.05) is 24.0 Å². The quantitative estimate of drug-likeness (QED) is 0.494. The van der Waals surface area contributed by atoms with E-state index in [1.807, 2.05) is 13.0 Å². The Bertz CT molecular complexity index is 849. The molecule has 0 N–H and O–H groups in total. The zero-order valence-corrected chi connectivity index (χ0v) is 17.0. The second kappa shape index (κ2) is 7.82. The van der Waals surface area contributed by atoms with E-state index in [-0.39, 0.29) is 5.97 Å². The predicted molar refractivity (Wildman–Crippen MR) is 104 cm³/mol. The van der Waals surface area contributed by atoms with Crippen LogP contribution in [0.4, 0.5) is 0 Å². The van der Waals surface area contributed by atoms with E-state index in [0.29, 0.717) is 28.4 Å². The van der Waals surface area contributed by atoms with Crippen LogP contribution >= 0.6 is 15.9 Å². The first kappa shape index (κ1) is 19.0. The Kier molecular flexibility index (Phi) is 5.70. The van der Waals surface area contributed by atoms with Crippen LogP contribution in [0.2, 0.25) is 0 Å². The molecule has 0 spiro atoms. The molecule has 6 heteroatoms. The molecule has 1 heterocycles. The Hall–Kier alpha value is -1.82. The molecule has 2 aromatic rings. The van der Waals surface area contributed by atoms with Crippen molar-refractivity contribution in [2.75, 3.05) is 6.61 Å². The molecular formula is C20H24BrNO4. The zero-order chi connectivity index (χ0) is 18.8. The van der Waals surface area contributed by atoms with Gasteiger partial charge in [0.05, 0.1) is 22.2 Å². The third kappa shape index (κ3) is 3.52. The third-order valence-corrected chi connectivity index (χ3v) is 5.60. The van der Waals surface area contributed by atoms with Gasteiger partial charge in [-0.1, -0.05) is 19.3 Å². The topological polar surface area (TPSA) is 57.5 Å². The van der Waals surface area contributed by atoms with Gasteiger partial charge < -0.3 is 14.0 Å². The summed E-state index contributed by atoms with van der Waals surface area (Å²) in [5.41, 5.74) is 2.45. The van der Waals surface area contributed by atoms with Crippen molar-refractivity contribution < 1.29 is 19.1 Å². The van der Waals surface area contributed by atoms with Gasteiger partial charge in [-0.2, -0.15) is 0 Å². The zero-order valence-electron chi connectivity index (χ0n) is 15.4. The molecule has 0 amide bonds. The molecule has 0 aliphatic heterocycles. The van der Waals surface area contributed by atoms with E-state index in [1.54, 1.807) is 13.0 Å². The minimum Gasteiger partial charge on any atom is -0.462 e. The number of hydrogen-bond acceptors (Lipinski definition) is 4. The molecule has 1 aliphatic carbocycles. The van der Waals surface area contributed by atoms with Crippen molar-refractivity contribution >= 4 is 38.8 Å². The summed E-state index contributed by atoms with van der Waals surface area (Å²) in [6.07, 6.45) is 5.88. The van der Waals surface area contributed by atoms with Gasteiger partial charge in [0.1, 0.15) is 5.75 Å². The lowest BCUT2D eigenvalue weighted by Crippen LogP contribution is -2.15. The number of aromatic nitrogens is 1. The van der Waals surface area contributed by atoms with Gasteiger partial charge in [-0.15, -0.1) is 0 Å². The molecule has 1 saturated carbocycles. The molecule has 140 valence electrons. The largest absolute Gasteiger partial charge is 0.462 e. The molecule has 26 heavy (non-hydrogen) atoms. The fraction of sp³-hybridized carbons (Fsp3) is 0.500. The van der Waals surface area contributed by atoms with Crippen LogP contribution in [0.3, 0.4) is 0 Å². The van der Waals surface area contributed by atoms with Gasteiger partial charge >= 0.3 is 11.9 Å². The second-order valence-corrected chi connectivity index (χ2v) is 7.59. The first-order chi connectivity index (χ1) is 12.4. The average Bonchev–Trinajstić information content (AvgIpc) is 2.87. The summed E-state index contributed by atoms with van der Waals surface area (Å²) in [5.74, 6) is -0.317. The summed E-state index contributed by atoms with van der Waals surface area (Å²) < 4.78 is 13.6. The summed E-state index contributed by atoms with van der Waals surface area (Å²) in [5, 5.41) is 0.769. The predicted octanol–water partition coefficient (Wildman–Crippen LogP) is 5.32. The summed E-state index contributed by atoms with van der Waals surface area (Å²) in [4.78, 5) is 24.0. The maximum Gasteiger partial charge on any atom is 0.340 e. The van der Waals surface area contributed by atoms with Gasteiger partial charge in [0.25, 0.3) is 0 Å². The number of ether oxygens (including phenoxy) is 2. The molecule has 5 nitrogen and oxygen atoms in total. The normalized spacial score (nSPS) is 15.2. The van der Waals surface area contributed by atoms with E-state index >= 15 is 0 Å². The molecule has 1 fully saturated rings. The van der Waals surface area contributed by atoms with Crippen molar-refractivity contribution in [3.63, 3.8) is 0 Å². The van der Waals surface area contributed by atoms with E-state index in [4.69, 9.17) is 9.47 Å². The second-order valence-electron chi connectivity index (χ2n) is 6.74. The van der Waals surface area contributed by atoms with Gasteiger partial charge in [-0.05, 0) is 54.8 Å².